The average molecular weight is 428 g/mol. The first-order chi connectivity index (χ1) is 14.8. The number of para-hydroxylation sites is 1. The number of hydrogen-bond donors (Lipinski definition) is 2. The number of anilines is 2. The second kappa shape index (κ2) is 9.34. The average Bonchev–Trinajstić information content (AvgIpc) is 2.73. The van der Waals surface area contributed by atoms with Crippen molar-refractivity contribution in [3.05, 3.63) is 89.5 Å². The molecule has 2 amide bonds. The summed E-state index contributed by atoms with van der Waals surface area (Å²) in [5.74, 6) is -0.426. The molecule has 3 rings (SSSR count). The Hall–Kier alpha value is -3.81. The molecule has 0 aliphatic carbocycles. The number of alkyl halides is 3. The van der Waals surface area contributed by atoms with Gasteiger partial charge in [-0.15, -0.1) is 0 Å². The van der Waals surface area contributed by atoms with E-state index >= 15 is 0 Å². The third-order valence-electron chi connectivity index (χ3n) is 4.39. The molecule has 0 unspecified atom stereocenters. The number of nitrogens with one attached hydrogen (secondary N) is 2. The molecule has 8 heteroatoms. The monoisotopic (exact) mass is 428 g/mol. The van der Waals surface area contributed by atoms with Crippen molar-refractivity contribution >= 4 is 23.2 Å². The van der Waals surface area contributed by atoms with Crippen LogP contribution in [0, 0.1) is 0 Å². The summed E-state index contributed by atoms with van der Waals surface area (Å²) >= 11 is 0. The van der Waals surface area contributed by atoms with Crippen LogP contribution < -0.4 is 15.4 Å². The van der Waals surface area contributed by atoms with E-state index in [2.05, 4.69) is 10.6 Å². The van der Waals surface area contributed by atoms with E-state index in [1.165, 1.54) is 25.3 Å². The first-order valence-corrected chi connectivity index (χ1v) is 9.26. The highest BCUT2D eigenvalue weighted by atomic mass is 19.4. The second-order valence-electron chi connectivity index (χ2n) is 6.65. The van der Waals surface area contributed by atoms with Gasteiger partial charge in [0.05, 0.1) is 30.3 Å². The van der Waals surface area contributed by atoms with Gasteiger partial charge in [-0.3, -0.25) is 9.59 Å². The Bertz CT molecular complexity index is 1100. The minimum absolute atomic E-state index is 0.211. The number of rotatable bonds is 6. The fourth-order valence-corrected chi connectivity index (χ4v) is 2.93. The van der Waals surface area contributed by atoms with Gasteiger partial charge < -0.3 is 15.4 Å². The molecular weight excluding hydrogens is 409 g/mol. The van der Waals surface area contributed by atoms with E-state index in [-0.39, 0.29) is 23.2 Å². The van der Waals surface area contributed by atoms with Crippen molar-refractivity contribution in [3.8, 4) is 5.75 Å². The summed E-state index contributed by atoms with van der Waals surface area (Å²) < 4.78 is 43.7. The first-order valence-electron chi connectivity index (χ1n) is 9.26. The molecule has 3 aromatic rings. The maximum atomic E-state index is 12.9. The first kappa shape index (κ1) is 21.9. The Morgan fingerprint density at radius 1 is 0.903 bits per heavy atom. The molecule has 0 radical (unpaired) electrons. The smallest absolute Gasteiger partial charge is 0.416 e. The lowest BCUT2D eigenvalue weighted by Crippen LogP contribution is -2.19. The van der Waals surface area contributed by atoms with Crippen molar-refractivity contribution < 1.29 is 27.5 Å². The van der Waals surface area contributed by atoms with Gasteiger partial charge in [0.25, 0.3) is 5.91 Å². The van der Waals surface area contributed by atoms with Crippen molar-refractivity contribution in [2.24, 2.45) is 0 Å². The predicted octanol–water partition coefficient (Wildman–Crippen LogP) is 5.15. The number of ether oxygens (including phenoxy) is 1. The molecule has 0 bridgehead atoms. The lowest BCUT2D eigenvalue weighted by Gasteiger charge is -2.13. The Kier molecular flexibility index (Phi) is 6.59. The highest BCUT2D eigenvalue weighted by Gasteiger charge is 2.30. The van der Waals surface area contributed by atoms with Crippen LogP contribution in [0.1, 0.15) is 21.5 Å². The van der Waals surface area contributed by atoms with Gasteiger partial charge in [-0.2, -0.15) is 13.2 Å². The van der Waals surface area contributed by atoms with E-state index in [0.29, 0.717) is 11.4 Å². The van der Waals surface area contributed by atoms with E-state index in [1.807, 2.05) is 0 Å². The molecule has 5 nitrogen and oxygen atoms in total. The summed E-state index contributed by atoms with van der Waals surface area (Å²) in [7, 11) is 1.51. The normalized spacial score (nSPS) is 11.0. The van der Waals surface area contributed by atoms with Crippen LogP contribution in [-0.4, -0.2) is 18.9 Å². The lowest BCUT2D eigenvalue weighted by atomic mass is 10.1. The largest absolute Gasteiger partial charge is 0.497 e. The fraction of sp³-hybridized carbons (Fsp3) is 0.130. The summed E-state index contributed by atoms with van der Waals surface area (Å²) in [6.45, 7) is 0. The van der Waals surface area contributed by atoms with Crippen LogP contribution in [-0.2, 0) is 17.4 Å². The summed E-state index contributed by atoms with van der Waals surface area (Å²) in [5, 5.41) is 5.33. The van der Waals surface area contributed by atoms with Gasteiger partial charge in [0.2, 0.25) is 5.91 Å². The summed E-state index contributed by atoms with van der Waals surface area (Å²) in [5.41, 5.74) is 0.360. The van der Waals surface area contributed by atoms with Gasteiger partial charge in [0.15, 0.2) is 0 Å². The standard InChI is InChI=1S/C23H19F3N2O3/c1-31-18-9-5-8-17(14-18)27-22(30)19-10-2-3-11-20(19)28-21(29)13-15-6-4-7-16(12-15)23(24,25)26/h2-12,14H,13H2,1H3,(H,27,30)(H,28,29). The van der Waals surface area contributed by atoms with Gasteiger partial charge in [-0.1, -0.05) is 36.4 Å². The van der Waals surface area contributed by atoms with E-state index in [1.54, 1.807) is 42.5 Å². The van der Waals surface area contributed by atoms with Gasteiger partial charge in [-0.25, -0.2) is 0 Å². The molecule has 0 saturated carbocycles. The fourth-order valence-electron chi connectivity index (χ4n) is 2.93. The van der Waals surface area contributed by atoms with Crippen molar-refractivity contribution in [1.82, 2.24) is 0 Å². The van der Waals surface area contributed by atoms with Crippen molar-refractivity contribution in [1.29, 1.82) is 0 Å². The molecule has 160 valence electrons. The van der Waals surface area contributed by atoms with Crippen molar-refractivity contribution in [3.63, 3.8) is 0 Å². The van der Waals surface area contributed by atoms with Crippen LogP contribution in [0.2, 0.25) is 0 Å². The number of benzene rings is 3. The van der Waals surface area contributed by atoms with Crippen LogP contribution in [0.15, 0.2) is 72.8 Å². The van der Waals surface area contributed by atoms with Gasteiger partial charge in [-0.05, 0) is 35.9 Å². The summed E-state index contributed by atoms with van der Waals surface area (Å²) in [4.78, 5) is 25.1. The van der Waals surface area contributed by atoms with Crippen molar-refractivity contribution in [2.45, 2.75) is 12.6 Å². The molecule has 2 N–H and O–H groups in total. The molecular formula is C23H19F3N2O3. The molecule has 0 heterocycles. The Labute approximate surface area is 176 Å². The summed E-state index contributed by atoms with van der Waals surface area (Å²) in [6, 6.07) is 17.7. The third kappa shape index (κ3) is 5.85. The molecule has 0 atom stereocenters. The topological polar surface area (TPSA) is 67.4 Å². The minimum Gasteiger partial charge on any atom is -0.497 e. The molecule has 0 saturated heterocycles. The minimum atomic E-state index is -4.49. The second-order valence-corrected chi connectivity index (χ2v) is 6.65. The summed E-state index contributed by atoms with van der Waals surface area (Å²) in [6.07, 6.45) is -4.76. The van der Waals surface area contributed by atoms with Gasteiger partial charge in [0, 0.05) is 11.8 Å². The highest BCUT2D eigenvalue weighted by Crippen LogP contribution is 2.29. The van der Waals surface area contributed by atoms with E-state index in [0.717, 1.165) is 12.1 Å². The number of amides is 2. The van der Waals surface area contributed by atoms with Crippen LogP contribution in [0.5, 0.6) is 5.75 Å². The number of hydrogen-bond acceptors (Lipinski definition) is 3. The highest BCUT2D eigenvalue weighted by molar-refractivity contribution is 6.10. The van der Waals surface area contributed by atoms with E-state index in [9.17, 15) is 22.8 Å². The Morgan fingerprint density at radius 3 is 2.39 bits per heavy atom. The molecule has 3 aromatic carbocycles. The van der Waals surface area contributed by atoms with Crippen LogP contribution in [0.4, 0.5) is 24.5 Å². The van der Waals surface area contributed by atoms with E-state index in [4.69, 9.17) is 4.74 Å². The van der Waals surface area contributed by atoms with Gasteiger partial charge in [0.1, 0.15) is 5.75 Å². The Morgan fingerprint density at radius 2 is 1.65 bits per heavy atom. The zero-order valence-electron chi connectivity index (χ0n) is 16.5. The SMILES string of the molecule is COc1cccc(NC(=O)c2ccccc2NC(=O)Cc2cccc(C(F)(F)F)c2)c1. The van der Waals surface area contributed by atoms with Crippen LogP contribution in [0.3, 0.4) is 0 Å². The molecule has 0 fully saturated rings. The molecule has 0 aromatic heterocycles. The molecule has 0 spiro atoms. The Balaban J connectivity index is 1.73. The number of carbonyl (C=O) groups is 2. The quantitative estimate of drug-likeness (QED) is 0.571. The number of carbonyl (C=O) groups excluding carboxylic acids is 2. The maximum absolute atomic E-state index is 12.9. The zero-order chi connectivity index (χ0) is 22.4. The molecule has 0 aliphatic rings. The van der Waals surface area contributed by atoms with Crippen LogP contribution in [0.25, 0.3) is 0 Å². The van der Waals surface area contributed by atoms with Gasteiger partial charge >= 0.3 is 6.18 Å². The van der Waals surface area contributed by atoms with E-state index < -0.39 is 23.6 Å². The molecule has 31 heavy (non-hydrogen) atoms. The third-order valence-corrected chi connectivity index (χ3v) is 4.39. The van der Waals surface area contributed by atoms with Crippen LogP contribution >= 0.6 is 0 Å². The lowest BCUT2D eigenvalue weighted by molar-refractivity contribution is -0.137. The molecule has 0 aliphatic heterocycles. The number of methoxy groups -OCH3 is 1. The van der Waals surface area contributed by atoms with Crippen molar-refractivity contribution in [2.75, 3.05) is 17.7 Å². The number of halogens is 3. The predicted molar refractivity (Wildman–Crippen MR) is 111 cm³/mol. The maximum Gasteiger partial charge on any atom is 0.416 e. The zero-order valence-corrected chi connectivity index (χ0v) is 16.5.